The van der Waals surface area contributed by atoms with Crippen LogP contribution in [0.25, 0.3) is 16.7 Å². The van der Waals surface area contributed by atoms with Crippen LogP contribution in [0.5, 0.6) is 23.0 Å². The van der Waals surface area contributed by atoms with Gasteiger partial charge in [0.1, 0.15) is 0 Å². The highest BCUT2D eigenvalue weighted by atomic mass is 79.9. The lowest BCUT2D eigenvalue weighted by atomic mass is 9.69. The van der Waals surface area contributed by atoms with E-state index in [0.29, 0.717) is 0 Å². The van der Waals surface area contributed by atoms with Crippen molar-refractivity contribution >= 4 is 21.5 Å². The number of fused-ring (bicyclic) bond motifs is 11. The van der Waals surface area contributed by atoms with Gasteiger partial charge in [-0.25, -0.2) is 0 Å². The molecule has 3 heteroatoms. The van der Waals surface area contributed by atoms with Crippen molar-refractivity contribution < 1.29 is 9.47 Å². The molecule has 4 aromatic rings. The molecule has 4 aromatic carbocycles. The Hall–Kier alpha value is -3.56. The molecule has 8 rings (SSSR count). The summed E-state index contributed by atoms with van der Waals surface area (Å²) in [4.78, 5) is 0. The SMILES string of the molecule is Brc1ccc2c(c1)Oc1cc3c(cc1O2)C1(C2=C3CCC=C2)c2ccccc2-c2ccccc21. The normalized spacial score (nSPS) is 17.2. The fourth-order valence-electron chi connectivity index (χ4n) is 6.42. The Labute approximate surface area is 206 Å². The van der Waals surface area contributed by atoms with E-state index in [4.69, 9.17) is 9.47 Å². The summed E-state index contributed by atoms with van der Waals surface area (Å²) in [5, 5.41) is 0. The van der Waals surface area contributed by atoms with Gasteiger partial charge in [0.05, 0.1) is 5.41 Å². The second kappa shape index (κ2) is 6.52. The van der Waals surface area contributed by atoms with Crippen LogP contribution in [0.15, 0.2) is 101 Å². The maximum atomic E-state index is 6.41. The predicted octanol–water partition coefficient (Wildman–Crippen LogP) is 8.78. The summed E-state index contributed by atoms with van der Waals surface area (Å²) in [5.74, 6) is 3.04. The van der Waals surface area contributed by atoms with Gasteiger partial charge in [-0.15, -0.1) is 0 Å². The smallest absolute Gasteiger partial charge is 0.171 e. The van der Waals surface area contributed by atoms with Crippen LogP contribution in [0.3, 0.4) is 0 Å². The summed E-state index contributed by atoms with van der Waals surface area (Å²) < 4.78 is 13.7. The van der Waals surface area contributed by atoms with E-state index in [-0.39, 0.29) is 5.41 Å². The molecule has 0 saturated heterocycles. The third-order valence-corrected chi connectivity index (χ3v) is 8.18. The molecular weight excluding hydrogens is 484 g/mol. The Morgan fingerprint density at radius 3 is 2.12 bits per heavy atom. The van der Waals surface area contributed by atoms with Crippen molar-refractivity contribution in [1.82, 2.24) is 0 Å². The Balaban J connectivity index is 1.45. The van der Waals surface area contributed by atoms with Crippen LogP contribution in [0.1, 0.15) is 35.1 Å². The van der Waals surface area contributed by atoms with Crippen molar-refractivity contribution in [2.75, 3.05) is 0 Å². The van der Waals surface area contributed by atoms with Crippen LogP contribution in [-0.4, -0.2) is 0 Å². The zero-order valence-corrected chi connectivity index (χ0v) is 19.9. The molecule has 0 atom stereocenters. The van der Waals surface area contributed by atoms with Crippen molar-refractivity contribution in [2.24, 2.45) is 0 Å². The first-order chi connectivity index (χ1) is 16.7. The van der Waals surface area contributed by atoms with Crippen LogP contribution in [-0.2, 0) is 5.41 Å². The highest BCUT2D eigenvalue weighted by Gasteiger charge is 2.52. The molecule has 4 aliphatic rings. The molecule has 0 fully saturated rings. The molecule has 1 spiro atoms. The number of hydrogen-bond donors (Lipinski definition) is 0. The second-order valence-electron chi connectivity index (χ2n) is 9.31. The number of allylic oxidation sites excluding steroid dienone is 4. The average molecular weight is 503 g/mol. The molecule has 3 aliphatic carbocycles. The Morgan fingerprint density at radius 1 is 0.647 bits per heavy atom. The Kier molecular flexibility index (Phi) is 3.61. The molecule has 0 bridgehead atoms. The van der Waals surface area contributed by atoms with Gasteiger partial charge in [0.2, 0.25) is 0 Å². The van der Waals surface area contributed by atoms with E-state index in [0.717, 1.165) is 40.3 Å². The average Bonchev–Trinajstić information content (AvgIpc) is 3.33. The number of halogens is 1. The van der Waals surface area contributed by atoms with Crippen molar-refractivity contribution in [1.29, 1.82) is 0 Å². The zero-order valence-electron chi connectivity index (χ0n) is 18.3. The second-order valence-corrected chi connectivity index (χ2v) is 10.2. The minimum atomic E-state index is -0.326. The molecule has 0 amide bonds. The van der Waals surface area contributed by atoms with Gasteiger partial charge in [-0.3, -0.25) is 0 Å². The number of ether oxygens (including phenoxy) is 2. The van der Waals surface area contributed by atoms with Gasteiger partial charge in [-0.2, -0.15) is 0 Å². The van der Waals surface area contributed by atoms with E-state index in [1.54, 1.807) is 0 Å². The maximum absolute atomic E-state index is 6.41. The monoisotopic (exact) mass is 502 g/mol. The number of benzene rings is 4. The highest BCUT2D eigenvalue weighted by molar-refractivity contribution is 9.10. The minimum Gasteiger partial charge on any atom is -0.449 e. The quantitative estimate of drug-likeness (QED) is 0.210. The van der Waals surface area contributed by atoms with Crippen LogP contribution < -0.4 is 9.47 Å². The molecule has 0 N–H and O–H groups in total. The van der Waals surface area contributed by atoms with Gasteiger partial charge in [0.25, 0.3) is 0 Å². The van der Waals surface area contributed by atoms with Gasteiger partial charge in [-0.1, -0.05) is 76.6 Å². The van der Waals surface area contributed by atoms with Crippen LogP contribution in [0, 0.1) is 0 Å². The standard InChI is InChI=1S/C31H19BrO2/c32-18-13-14-27-28(15-18)34-29-16-22-21-9-3-6-12-25(21)31(26(22)17-30(29)33-27)23-10-4-1-7-19(23)20-8-2-5-11-24(20)31/h1-2,4-8,10-17H,3,9H2. The highest BCUT2D eigenvalue weighted by Crippen LogP contribution is 2.64. The lowest BCUT2D eigenvalue weighted by Gasteiger charge is -2.32. The van der Waals surface area contributed by atoms with E-state index in [9.17, 15) is 0 Å². The molecule has 0 aromatic heterocycles. The number of hydrogen-bond acceptors (Lipinski definition) is 2. The fourth-order valence-corrected chi connectivity index (χ4v) is 6.76. The molecular formula is C31H19BrO2. The molecule has 1 heterocycles. The summed E-state index contributed by atoms with van der Waals surface area (Å²) >= 11 is 3.55. The van der Waals surface area contributed by atoms with E-state index in [2.05, 4.69) is 88.7 Å². The fraction of sp³-hybridized carbons (Fsp3) is 0.0968. The largest absolute Gasteiger partial charge is 0.449 e. The van der Waals surface area contributed by atoms with E-state index >= 15 is 0 Å². The zero-order chi connectivity index (χ0) is 22.4. The first-order valence-corrected chi connectivity index (χ1v) is 12.5. The lowest BCUT2D eigenvalue weighted by Crippen LogP contribution is -2.27. The van der Waals surface area contributed by atoms with E-state index < -0.39 is 0 Å². The molecule has 34 heavy (non-hydrogen) atoms. The van der Waals surface area contributed by atoms with Gasteiger partial charge in [0.15, 0.2) is 23.0 Å². The summed E-state index contributed by atoms with van der Waals surface area (Å²) in [6.07, 6.45) is 6.79. The molecule has 2 nitrogen and oxygen atoms in total. The summed E-state index contributed by atoms with van der Waals surface area (Å²) in [6, 6.07) is 28.1. The van der Waals surface area contributed by atoms with Crippen molar-refractivity contribution in [3.05, 3.63) is 123 Å². The molecule has 0 saturated carbocycles. The molecule has 1 aliphatic heterocycles. The number of rotatable bonds is 0. The maximum Gasteiger partial charge on any atom is 0.171 e. The van der Waals surface area contributed by atoms with Crippen molar-refractivity contribution in [2.45, 2.75) is 18.3 Å². The topological polar surface area (TPSA) is 18.5 Å². The van der Waals surface area contributed by atoms with Crippen LogP contribution in [0.2, 0.25) is 0 Å². The summed E-state index contributed by atoms with van der Waals surface area (Å²) in [7, 11) is 0. The van der Waals surface area contributed by atoms with Crippen LogP contribution in [0.4, 0.5) is 0 Å². The van der Waals surface area contributed by atoms with Gasteiger partial charge >= 0.3 is 0 Å². The van der Waals surface area contributed by atoms with Crippen molar-refractivity contribution in [3.8, 4) is 34.1 Å². The lowest BCUT2D eigenvalue weighted by molar-refractivity contribution is 0.358. The summed E-state index contributed by atoms with van der Waals surface area (Å²) in [5.41, 5.74) is 10.4. The first kappa shape index (κ1) is 18.8. The van der Waals surface area contributed by atoms with E-state index in [1.165, 1.54) is 44.5 Å². The van der Waals surface area contributed by atoms with Gasteiger partial charge in [-0.05, 0) is 87.7 Å². The van der Waals surface area contributed by atoms with E-state index in [1.807, 2.05) is 18.2 Å². The van der Waals surface area contributed by atoms with Crippen molar-refractivity contribution in [3.63, 3.8) is 0 Å². The predicted molar refractivity (Wildman–Crippen MR) is 138 cm³/mol. The third kappa shape index (κ3) is 2.21. The van der Waals surface area contributed by atoms with Gasteiger partial charge in [0, 0.05) is 4.47 Å². The molecule has 0 unspecified atom stereocenters. The molecule has 0 radical (unpaired) electrons. The van der Waals surface area contributed by atoms with Crippen LogP contribution >= 0.6 is 15.9 Å². The minimum absolute atomic E-state index is 0.326. The molecule has 162 valence electrons. The Morgan fingerprint density at radius 2 is 1.32 bits per heavy atom. The van der Waals surface area contributed by atoms with Gasteiger partial charge < -0.3 is 9.47 Å². The third-order valence-electron chi connectivity index (χ3n) is 7.69. The summed E-state index contributed by atoms with van der Waals surface area (Å²) in [6.45, 7) is 0. The Bertz CT molecular complexity index is 1580. The first-order valence-electron chi connectivity index (χ1n) is 11.7.